The number of hydrogen-bond acceptors (Lipinski definition) is 3. The van der Waals surface area contributed by atoms with Crippen molar-refractivity contribution < 1.29 is 9.53 Å². The average Bonchev–Trinajstić information content (AvgIpc) is 2.29. The number of hydrogen-bond donors (Lipinski definition) is 0. The van der Waals surface area contributed by atoms with E-state index in [1.165, 1.54) is 38.5 Å². The quantitative estimate of drug-likeness (QED) is 0.284. The smallest absolute Gasteiger partial charge is 0.310 e. The van der Waals surface area contributed by atoms with Gasteiger partial charge in [-0.1, -0.05) is 73.8 Å². The Morgan fingerprint density at radius 1 is 1.05 bits per heavy atom. The van der Waals surface area contributed by atoms with E-state index in [2.05, 4.69) is 6.92 Å². The highest BCUT2D eigenvalue weighted by Gasteiger charge is 2.24. The molecule has 0 radical (unpaired) electrons. The zero-order chi connectivity index (χ0) is 14.6. The third-order valence-electron chi connectivity index (χ3n) is 2.48. The lowest BCUT2D eigenvalue weighted by Gasteiger charge is -2.10. The van der Waals surface area contributed by atoms with Gasteiger partial charge in [0.2, 0.25) is 3.79 Å². The van der Waals surface area contributed by atoms with Crippen LogP contribution in [0, 0.1) is 0 Å². The zero-order valence-corrected chi connectivity index (χ0v) is 14.5. The minimum atomic E-state index is -1.55. The highest BCUT2D eigenvalue weighted by molar-refractivity contribution is 7.99. The molecule has 0 aromatic carbocycles. The van der Waals surface area contributed by atoms with Crippen molar-refractivity contribution in [3.05, 3.63) is 0 Å². The van der Waals surface area contributed by atoms with E-state index in [1.807, 2.05) is 0 Å². The van der Waals surface area contributed by atoms with Crippen molar-refractivity contribution in [2.45, 2.75) is 55.7 Å². The van der Waals surface area contributed by atoms with Crippen LogP contribution in [0.25, 0.3) is 0 Å². The van der Waals surface area contributed by atoms with Gasteiger partial charge in [0.05, 0.1) is 6.42 Å². The Labute approximate surface area is 135 Å². The molecule has 0 heterocycles. The summed E-state index contributed by atoms with van der Waals surface area (Å²) < 4.78 is 3.41. The standard InChI is InChI=1S/C13H23Cl3O2S/c1-2-3-4-5-6-7-9-19-10-8-18-12(17)11-13(14,15)16/h2-11H2,1H3. The van der Waals surface area contributed by atoms with Crippen molar-refractivity contribution in [2.75, 3.05) is 18.1 Å². The van der Waals surface area contributed by atoms with Crippen LogP contribution in [0.5, 0.6) is 0 Å². The fourth-order valence-electron chi connectivity index (χ4n) is 1.52. The molecule has 0 aliphatic heterocycles. The molecular formula is C13H23Cl3O2S. The third kappa shape index (κ3) is 16.6. The van der Waals surface area contributed by atoms with Gasteiger partial charge in [-0.25, -0.2) is 0 Å². The molecule has 0 rings (SSSR count). The van der Waals surface area contributed by atoms with Gasteiger partial charge in [0.1, 0.15) is 6.61 Å². The van der Waals surface area contributed by atoms with Crippen LogP contribution in [0.1, 0.15) is 51.9 Å². The first-order chi connectivity index (χ1) is 8.95. The Kier molecular flexibility index (Phi) is 12.9. The molecule has 0 amide bonds. The van der Waals surface area contributed by atoms with Gasteiger partial charge in [-0.05, 0) is 12.2 Å². The molecule has 0 saturated carbocycles. The molecule has 0 unspecified atom stereocenters. The number of ether oxygens (including phenoxy) is 1. The minimum Gasteiger partial charge on any atom is -0.465 e. The summed E-state index contributed by atoms with van der Waals surface area (Å²) >= 11 is 18.3. The fraction of sp³-hybridized carbons (Fsp3) is 0.923. The van der Waals surface area contributed by atoms with Crippen LogP contribution >= 0.6 is 46.6 Å². The third-order valence-corrected chi connectivity index (χ3v) is 3.91. The molecule has 0 saturated heterocycles. The molecule has 0 aromatic rings. The van der Waals surface area contributed by atoms with Crippen LogP contribution in [0.4, 0.5) is 0 Å². The summed E-state index contributed by atoms with van der Waals surface area (Å²) in [6.07, 6.45) is 7.62. The van der Waals surface area contributed by atoms with Gasteiger partial charge < -0.3 is 4.74 Å². The molecule has 0 N–H and O–H groups in total. The minimum absolute atomic E-state index is 0.195. The summed E-state index contributed by atoms with van der Waals surface area (Å²) in [6, 6.07) is 0. The normalized spacial score (nSPS) is 11.6. The number of carbonyl (C=O) groups is 1. The van der Waals surface area contributed by atoms with E-state index in [4.69, 9.17) is 39.5 Å². The highest BCUT2D eigenvalue weighted by atomic mass is 35.6. The Morgan fingerprint density at radius 2 is 1.68 bits per heavy atom. The Hall–Kier alpha value is 0.690. The molecule has 0 aliphatic carbocycles. The average molecular weight is 350 g/mol. The predicted octanol–water partition coefficient (Wildman–Crippen LogP) is 5.38. The molecule has 0 bridgehead atoms. The Balaban J connectivity index is 3.21. The summed E-state index contributed by atoms with van der Waals surface area (Å²) in [7, 11) is 0. The van der Waals surface area contributed by atoms with E-state index in [0.29, 0.717) is 6.61 Å². The molecule has 0 aliphatic rings. The van der Waals surface area contributed by atoms with Gasteiger partial charge in [-0.2, -0.15) is 11.8 Å². The van der Waals surface area contributed by atoms with E-state index < -0.39 is 9.76 Å². The molecule has 0 spiro atoms. The van der Waals surface area contributed by atoms with Crippen LogP contribution in [0.2, 0.25) is 0 Å². The predicted molar refractivity (Wildman–Crippen MR) is 86.6 cm³/mol. The van der Waals surface area contributed by atoms with Crippen LogP contribution in [-0.4, -0.2) is 27.9 Å². The molecule has 0 atom stereocenters. The monoisotopic (exact) mass is 348 g/mol. The maximum atomic E-state index is 11.2. The molecule has 0 aromatic heterocycles. The van der Waals surface area contributed by atoms with E-state index >= 15 is 0 Å². The van der Waals surface area contributed by atoms with E-state index in [9.17, 15) is 4.79 Å². The van der Waals surface area contributed by atoms with Crippen LogP contribution in [-0.2, 0) is 9.53 Å². The lowest BCUT2D eigenvalue weighted by Crippen LogP contribution is -2.15. The van der Waals surface area contributed by atoms with Crippen LogP contribution < -0.4 is 0 Å². The van der Waals surface area contributed by atoms with Gasteiger partial charge in [0.15, 0.2) is 0 Å². The van der Waals surface area contributed by atoms with Crippen molar-refractivity contribution >= 4 is 52.5 Å². The summed E-state index contributed by atoms with van der Waals surface area (Å²) in [6.45, 7) is 2.61. The molecule has 114 valence electrons. The van der Waals surface area contributed by atoms with Crippen molar-refractivity contribution in [3.63, 3.8) is 0 Å². The molecule has 2 nitrogen and oxygen atoms in total. The maximum Gasteiger partial charge on any atom is 0.310 e. The summed E-state index contributed by atoms with van der Waals surface area (Å²) in [4.78, 5) is 11.2. The second kappa shape index (κ2) is 12.4. The van der Waals surface area contributed by atoms with Gasteiger partial charge >= 0.3 is 5.97 Å². The second-order valence-corrected chi connectivity index (χ2v) is 8.13. The first kappa shape index (κ1) is 19.7. The van der Waals surface area contributed by atoms with Gasteiger partial charge in [-0.15, -0.1) is 0 Å². The van der Waals surface area contributed by atoms with Crippen LogP contribution in [0.15, 0.2) is 0 Å². The van der Waals surface area contributed by atoms with Crippen molar-refractivity contribution in [2.24, 2.45) is 0 Å². The molecule has 0 fully saturated rings. The van der Waals surface area contributed by atoms with Crippen molar-refractivity contribution in [3.8, 4) is 0 Å². The zero-order valence-electron chi connectivity index (χ0n) is 11.4. The molecule has 6 heteroatoms. The summed E-state index contributed by atoms with van der Waals surface area (Å²) in [5, 5.41) is 0. The van der Waals surface area contributed by atoms with E-state index in [0.717, 1.165) is 11.5 Å². The number of carbonyl (C=O) groups excluding carboxylic acids is 1. The number of unbranched alkanes of at least 4 members (excludes halogenated alkanes) is 5. The Morgan fingerprint density at radius 3 is 2.32 bits per heavy atom. The fourth-order valence-corrected chi connectivity index (χ4v) is 2.66. The summed E-state index contributed by atoms with van der Waals surface area (Å²) in [5.74, 6) is 1.47. The second-order valence-electron chi connectivity index (χ2n) is 4.39. The molecular weight excluding hydrogens is 327 g/mol. The largest absolute Gasteiger partial charge is 0.465 e. The Bertz CT molecular complexity index is 232. The lowest BCUT2D eigenvalue weighted by atomic mass is 10.1. The number of thioether (sulfide) groups is 1. The van der Waals surface area contributed by atoms with Gasteiger partial charge in [-0.3, -0.25) is 4.79 Å². The van der Waals surface area contributed by atoms with E-state index in [1.54, 1.807) is 11.8 Å². The number of halogens is 3. The first-order valence-electron chi connectivity index (χ1n) is 6.76. The number of esters is 1. The topological polar surface area (TPSA) is 26.3 Å². The van der Waals surface area contributed by atoms with Crippen molar-refractivity contribution in [1.82, 2.24) is 0 Å². The maximum absolute atomic E-state index is 11.2. The first-order valence-corrected chi connectivity index (χ1v) is 9.04. The van der Waals surface area contributed by atoms with Gasteiger partial charge in [0.25, 0.3) is 0 Å². The highest BCUT2D eigenvalue weighted by Crippen LogP contribution is 2.30. The number of rotatable bonds is 11. The van der Waals surface area contributed by atoms with E-state index in [-0.39, 0.29) is 6.42 Å². The van der Waals surface area contributed by atoms with Gasteiger partial charge in [0, 0.05) is 5.75 Å². The summed E-state index contributed by atoms with van der Waals surface area (Å²) in [5.41, 5.74) is 0. The van der Waals surface area contributed by atoms with Crippen LogP contribution in [0.3, 0.4) is 0 Å². The van der Waals surface area contributed by atoms with Crippen molar-refractivity contribution in [1.29, 1.82) is 0 Å². The lowest BCUT2D eigenvalue weighted by molar-refractivity contribution is -0.142. The molecule has 19 heavy (non-hydrogen) atoms. The number of alkyl halides is 3. The SMILES string of the molecule is CCCCCCCCSCCOC(=O)CC(Cl)(Cl)Cl.